The zero-order valence-corrected chi connectivity index (χ0v) is 39.1. The molecule has 2 aliphatic rings. The third-order valence-corrected chi connectivity index (χ3v) is 12.5. The Morgan fingerprint density at radius 3 is 1.98 bits per heavy atom. The lowest BCUT2D eigenvalue weighted by molar-refractivity contribution is -0.154. The highest BCUT2D eigenvalue weighted by molar-refractivity contribution is 8.00. The van der Waals surface area contributed by atoms with E-state index in [2.05, 4.69) is 31.9 Å². The average molecular weight is 913 g/mol. The summed E-state index contributed by atoms with van der Waals surface area (Å²) in [5, 5.41) is 27.0. The first kappa shape index (κ1) is 51.6. The number of carbonyl (C=O) groups is 6. The highest BCUT2D eigenvalue weighted by Gasteiger charge is 2.42. The van der Waals surface area contributed by atoms with Gasteiger partial charge in [0.05, 0.1) is 35.3 Å². The van der Waals surface area contributed by atoms with Gasteiger partial charge in [0.2, 0.25) is 5.91 Å². The molecule has 2 aliphatic heterocycles. The van der Waals surface area contributed by atoms with Crippen molar-refractivity contribution in [3.05, 3.63) is 48.0 Å². The van der Waals surface area contributed by atoms with Gasteiger partial charge in [-0.1, -0.05) is 18.6 Å². The molecule has 0 bridgehead atoms. The van der Waals surface area contributed by atoms with Gasteiger partial charge in [-0.25, -0.2) is 4.79 Å². The van der Waals surface area contributed by atoms with Gasteiger partial charge in [-0.2, -0.15) is 11.8 Å². The second-order valence-electron chi connectivity index (χ2n) is 18.0. The lowest BCUT2D eigenvalue weighted by Crippen LogP contribution is -2.38. The Kier molecular flexibility index (Phi) is 19.6. The molecule has 3 atom stereocenters. The van der Waals surface area contributed by atoms with Crippen LogP contribution in [0.1, 0.15) is 97.3 Å². The van der Waals surface area contributed by atoms with E-state index < -0.39 is 28.8 Å². The number of urea groups is 1. The molecule has 2 heterocycles. The number of rotatable bonds is 28. The summed E-state index contributed by atoms with van der Waals surface area (Å²) in [6, 6.07) is 12.1. The molecule has 0 unspecified atom stereocenters. The normalized spacial score (nSPS) is 17.1. The Bertz CT molecular complexity index is 1910. The molecule has 2 saturated heterocycles. The molecule has 7 N–H and O–H groups in total. The van der Waals surface area contributed by atoms with Crippen LogP contribution in [0.15, 0.2) is 42.5 Å². The van der Waals surface area contributed by atoms with Gasteiger partial charge in [0.1, 0.15) is 11.5 Å². The number of carbonyl (C=O) groups excluding carboxylic acids is 5. The van der Waals surface area contributed by atoms with Gasteiger partial charge in [-0.05, 0) is 116 Å². The number of thioether (sulfide) groups is 1. The molecule has 0 saturated carbocycles. The summed E-state index contributed by atoms with van der Waals surface area (Å²) >= 11 is 1.85. The van der Waals surface area contributed by atoms with Crippen molar-refractivity contribution in [2.45, 2.75) is 116 Å². The molecule has 2 fully saturated rings. The molecular weight excluding hydrogens is 845 g/mol. The molecule has 18 heteroatoms. The monoisotopic (exact) mass is 912 g/mol. The number of fused-ring (bicyclic) bond motifs is 1. The van der Waals surface area contributed by atoms with E-state index in [0.717, 1.165) is 30.6 Å². The molecular formula is C46H68N6O11S. The van der Waals surface area contributed by atoms with Gasteiger partial charge < -0.3 is 56.0 Å². The van der Waals surface area contributed by atoms with Crippen molar-refractivity contribution in [3.8, 4) is 22.6 Å². The predicted molar refractivity (Wildman–Crippen MR) is 245 cm³/mol. The summed E-state index contributed by atoms with van der Waals surface area (Å²) in [5.74, 6) is -0.498. The summed E-state index contributed by atoms with van der Waals surface area (Å²) in [5.41, 5.74) is -0.482. The van der Waals surface area contributed by atoms with Crippen LogP contribution in [-0.4, -0.2) is 128 Å². The third kappa shape index (κ3) is 17.5. The molecule has 17 nitrogen and oxygen atoms in total. The summed E-state index contributed by atoms with van der Waals surface area (Å²) in [6.45, 7) is 13.9. The standard InChI is InChI=1S/C46H68N6O11S/c1-8-62-45(4,5)17-19-47-38(54)26-60-33-15-13-30(14-16-33)31-23-32(25-34(24-31)61-27-39(55)48-20-18-46(6,7)63-29-44(2,3)42(57)58)41(56)50-22-21-49-37(53)12-10-9-11-36-40-35(28-64-36)51-43(59)52-40/h13-16,23-25,35-36,40H,8-12,17-22,26-29H2,1-7H3,(H,47,54)(H,48,55)(H,49,53)(H,50,56)(H,57,58)(H2,51,52,59)/t35-,36-,40-/m0/s1. The number of unbranched alkanes of at least 4 members (excludes halogenated alkanes) is 1. The van der Waals surface area contributed by atoms with Crippen LogP contribution in [0.25, 0.3) is 11.1 Å². The maximum absolute atomic E-state index is 13.5. The van der Waals surface area contributed by atoms with E-state index in [1.54, 1.807) is 50.2 Å². The second kappa shape index (κ2) is 24.3. The van der Waals surface area contributed by atoms with Crippen molar-refractivity contribution in [2.24, 2.45) is 5.41 Å². The molecule has 2 aromatic carbocycles. The smallest absolute Gasteiger partial charge is 0.315 e. The summed E-state index contributed by atoms with van der Waals surface area (Å²) in [4.78, 5) is 74.4. The van der Waals surface area contributed by atoms with E-state index in [9.17, 15) is 33.9 Å². The largest absolute Gasteiger partial charge is 0.484 e. The van der Waals surface area contributed by atoms with Crippen LogP contribution in [0, 0.1) is 5.41 Å². The molecule has 0 aliphatic carbocycles. The van der Waals surface area contributed by atoms with Gasteiger partial charge in [-0.3, -0.25) is 24.0 Å². The predicted octanol–water partition coefficient (Wildman–Crippen LogP) is 4.42. The number of hydrogen-bond acceptors (Lipinski definition) is 11. The van der Waals surface area contributed by atoms with Gasteiger partial charge in [0.25, 0.3) is 17.7 Å². The first-order valence-corrected chi connectivity index (χ1v) is 23.1. The van der Waals surface area contributed by atoms with E-state index in [1.165, 1.54) is 6.07 Å². The number of benzene rings is 2. The second-order valence-corrected chi connectivity index (χ2v) is 19.2. The van der Waals surface area contributed by atoms with E-state index in [0.29, 0.717) is 49.0 Å². The number of nitrogens with one attached hydrogen (secondary N) is 6. The summed E-state index contributed by atoms with van der Waals surface area (Å²) in [7, 11) is 0. The fourth-order valence-electron chi connectivity index (χ4n) is 6.94. The minimum Gasteiger partial charge on any atom is -0.484 e. The maximum Gasteiger partial charge on any atom is 0.315 e. The molecule has 64 heavy (non-hydrogen) atoms. The Balaban J connectivity index is 1.30. The van der Waals surface area contributed by atoms with Crippen molar-refractivity contribution < 1.29 is 52.8 Å². The summed E-state index contributed by atoms with van der Waals surface area (Å²) in [6.07, 6.45) is 3.94. The zero-order chi connectivity index (χ0) is 46.9. The lowest BCUT2D eigenvalue weighted by Gasteiger charge is -2.29. The first-order chi connectivity index (χ1) is 30.3. The Morgan fingerprint density at radius 2 is 1.34 bits per heavy atom. The van der Waals surface area contributed by atoms with Crippen LogP contribution < -0.4 is 41.4 Å². The lowest BCUT2D eigenvalue weighted by atomic mass is 9.94. The SMILES string of the molecule is CCOC(C)(C)CCNC(=O)COc1ccc(-c2cc(OCC(=O)NCCC(C)(C)OCC(C)(C)C(=O)O)cc(C(=O)NCCNC(=O)CCCC[C@@H]3SC[C@@H]4NC(=O)N[C@@H]43)c2)cc1. The number of carboxylic acid groups (broad SMARTS) is 1. The van der Waals surface area contributed by atoms with Crippen LogP contribution >= 0.6 is 11.8 Å². The van der Waals surface area contributed by atoms with E-state index in [1.807, 2.05) is 46.4 Å². The number of amides is 6. The van der Waals surface area contributed by atoms with Crippen molar-refractivity contribution >= 4 is 47.4 Å². The van der Waals surface area contributed by atoms with Gasteiger partial charge in [0.15, 0.2) is 13.2 Å². The van der Waals surface area contributed by atoms with Crippen molar-refractivity contribution in [1.29, 1.82) is 0 Å². The Labute approximate surface area is 381 Å². The third-order valence-electron chi connectivity index (χ3n) is 10.9. The summed E-state index contributed by atoms with van der Waals surface area (Å²) < 4.78 is 23.1. The maximum atomic E-state index is 13.5. The van der Waals surface area contributed by atoms with Crippen molar-refractivity contribution in [1.82, 2.24) is 31.9 Å². The van der Waals surface area contributed by atoms with Crippen LogP contribution in [-0.2, 0) is 28.7 Å². The number of ether oxygens (including phenoxy) is 4. The fourth-order valence-corrected chi connectivity index (χ4v) is 8.49. The number of carboxylic acids is 1. The van der Waals surface area contributed by atoms with E-state index >= 15 is 0 Å². The van der Waals surface area contributed by atoms with Crippen molar-refractivity contribution in [2.75, 3.05) is 58.4 Å². The number of hydrogen-bond donors (Lipinski definition) is 7. The topological polar surface area (TPSA) is 232 Å². The molecule has 2 aromatic rings. The first-order valence-electron chi connectivity index (χ1n) is 22.1. The molecule has 0 radical (unpaired) electrons. The fraction of sp³-hybridized carbons (Fsp3) is 0.609. The molecule has 354 valence electrons. The highest BCUT2D eigenvalue weighted by atomic mass is 32.2. The molecule has 6 amide bonds. The Hall–Kier alpha value is -5.07. The minimum atomic E-state index is -1.06. The van der Waals surface area contributed by atoms with Gasteiger partial charge in [0, 0.05) is 55.8 Å². The van der Waals surface area contributed by atoms with E-state index in [-0.39, 0.29) is 86.3 Å². The quantitative estimate of drug-likeness (QED) is 0.0465. The van der Waals surface area contributed by atoms with E-state index in [4.69, 9.17) is 18.9 Å². The Morgan fingerprint density at radius 1 is 0.734 bits per heavy atom. The van der Waals surface area contributed by atoms with Crippen LogP contribution in [0.3, 0.4) is 0 Å². The van der Waals surface area contributed by atoms with Crippen LogP contribution in [0.2, 0.25) is 0 Å². The highest BCUT2D eigenvalue weighted by Crippen LogP contribution is 2.33. The zero-order valence-electron chi connectivity index (χ0n) is 38.3. The molecule has 0 spiro atoms. The minimum absolute atomic E-state index is 0.0119. The molecule has 4 rings (SSSR count). The van der Waals surface area contributed by atoms with Crippen LogP contribution in [0.4, 0.5) is 4.79 Å². The number of aliphatic carboxylic acids is 1. The van der Waals surface area contributed by atoms with Crippen LogP contribution in [0.5, 0.6) is 11.5 Å². The average Bonchev–Trinajstić information content (AvgIpc) is 3.80. The van der Waals surface area contributed by atoms with Gasteiger partial charge >= 0.3 is 12.0 Å². The molecule has 0 aromatic heterocycles. The van der Waals surface area contributed by atoms with Gasteiger partial charge in [-0.15, -0.1) is 0 Å². The van der Waals surface area contributed by atoms with Crippen molar-refractivity contribution in [3.63, 3.8) is 0 Å².